The van der Waals surface area contributed by atoms with E-state index in [1.165, 1.54) is 0 Å². The molecule has 0 aliphatic carbocycles. The van der Waals surface area contributed by atoms with E-state index in [1.54, 1.807) is 0 Å². The Morgan fingerprint density at radius 3 is 2.82 bits per heavy atom. The van der Waals surface area contributed by atoms with Gasteiger partial charge in [-0.1, -0.05) is 34.1 Å². The molecule has 0 spiro atoms. The lowest BCUT2D eigenvalue weighted by atomic mass is 10.2. The predicted octanol–water partition coefficient (Wildman–Crippen LogP) is 3.47. The van der Waals surface area contributed by atoms with Crippen molar-refractivity contribution >= 4 is 21.6 Å². The van der Waals surface area contributed by atoms with Gasteiger partial charge in [0.25, 0.3) is 0 Å². The Hall–Kier alpha value is -1.68. The molecule has 0 atom stereocenters. The van der Waals surface area contributed by atoms with E-state index in [0.717, 1.165) is 27.1 Å². The van der Waals surface area contributed by atoms with Crippen LogP contribution in [-0.4, -0.2) is 14.6 Å². The Balaban J connectivity index is 2.28. The van der Waals surface area contributed by atoms with Crippen molar-refractivity contribution in [3.8, 4) is 11.4 Å². The summed E-state index contributed by atoms with van der Waals surface area (Å²) in [5.41, 5.74) is 3.08. The lowest BCUT2D eigenvalue weighted by molar-refractivity contribution is 1.11. The van der Waals surface area contributed by atoms with Gasteiger partial charge in [-0.05, 0) is 30.7 Å². The van der Waals surface area contributed by atoms with Crippen molar-refractivity contribution < 1.29 is 0 Å². The second-order valence-electron chi connectivity index (χ2n) is 3.92. The summed E-state index contributed by atoms with van der Waals surface area (Å²) in [6, 6.07) is 12.1. The van der Waals surface area contributed by atoms with Crippen LogP contribution in [0.1, 0.15) is 5.56 Å². The number of rotatable bonds is 1. The Bertz CT molecular complexity index is 688. The largest absolute Gasteiger partial charge is 0.282 e. The molecule has 1 aromatic carbocycles. The second-order valence-corrected chi connectivity index (χ2v) is 4.83. The Morgan fingerprint density at radius 2 is 2.00 bits per heavy atom. The average Bonchev–Trinajstić information content (AvgIpc) is 2.74. The molecule has 3 aromatic rings. The Morgan fingerprint density at radius 1 is 1.12 bits per heavy atom. The first-order chi connectivity index (χ1) is 8.25. The molecule has 3 nitrogen and oxygen atoms in total. The zero-order valence-corrected chi connectivity index (χ0v) is 10.8. The Labute approximate surface area is 107 Å². The highest BCUT2D eigenvalue weighted by Crippen LogP contribution is 2.22. The van der Waals surface area contributed by atoms with Crippen LogP contribution < -0.4 is 0 Å². The number of aryl methyl sites for hydroxylation is 1. The predicted molar refractivity (Wildman–Crippen MR) is 70.9 cm³/mol. The number of halogens is 1. The van der Waals surface area contributed by atoms with Crippen molar-refractivity contribution in [1.29, 1.82) is 0 Å². The van der Waals surface area contributed by atoms with E-state index in [0.29, 0.717) is 0 Å². The van der Waals surface area contributed by atoms with Gasteiger partial charge < -0.3 is 0 Å². The van der Waals surface area contributed by atoms with Crippen molar-refractivity contribution in [1.82, 2.24) is 14.6 Å². The third-order valence-corrected chi connectivity index (χ3v) is 3.21. The molecule has 0 unspecified atom stereocenters. The second kappa shape index (κ2) is 3.96. The molecule has 0 fully saturated rings. The number of aromatic nitrogens is 3. The first-order valence-electron chi connectivity index (χ1n) is 5.32. The molecular formula is C13H10BrN3. The minimum Gasteiger partial charge on any atom is -0.282 e. The molecule has 4 heteroatoms. The molecule has 0 radical (unpaired) electrons. The van der Waals surface area contributed by atoms with Crippen LogP contribution in [0.3, 0.4) is 0 Å². The summed E-state index contributed by atoms with van der Waals surface area (Å²) in [6.45, 7) is 2.04. The average molecular weight is 288 g/mol. The molecule has 2 aromatic heterocycles. The van der Waals surface area contributed by atoms with Crippen LogP contribution >= 0.6 is 15.9 Å². The summed E-state index contributed by atoms with van der Waals surface area (Å²) in [7, 11) is 0. The topological polar surface area (TPSA) is 30.2 Å². The summed E-state index contributed by atoms with van der Waals surface area (Å²) in [5, 5.41) is 8.48. The molecule has 2 heterocycles. The number of benzene rings is 1. The minimum absolute atomic E-state index is 0.866. The molecule has 0 saturated carbocycles. The zero-order chi connectivity index (χ0) is 11.8. The molecular weight excluding hydrogens is 278 g/mol. The smallest absolute Gasteiger partial charge is 0.168 e. The molecule has 0 aliphatic rings. The highest BCUT2D eigenvalue weighted by molar-refractivity contribution is 9.10. The number of hydrogen-bond donors (Lipinski definition) is 0. The van der Waals surface area contributed by atoms with E-state index in [4.69, 9.17) is 0 Å². The maximum absolute atomic E-state index is 4.26. The SMILES string of the molecule is Cc1cccn2c(-c3cccc(Br)c3)nnc12. The molecule has 84 valence electrons. The lowest BCUT2D eigenvalue weighted by Crippen LogP contribution is -1.90. The van der Waals surface area contributed by atoms with Gasteiger partial charge in [-0.3, -0.25) is 4.40 Å². The summed E-state index contributed by atoms with van der Waals surface area (Å²) >= 11 is 3.47. The van der Waals surface area contributed by atoms with E-state index >= 15 is 0 Å². The van der Waals surface area contributed by atoms with Gasteiger partial charge in [-0.25, -0.2) is 0 Å². The molecule has 0 bridgehead atoms. The maximum Gasteiger partial charge on any atom is 0.168 e. The van der Waals surface area contributed by atoms with Crippen molar-refractivity contribution in [3.63, 3.8) is 0 Å². The van der Waals surface area contributed by atoms with Crippen molar-refractivity contribution in [2.45, 2.75) is 6.92 Å². The third-order valence-electron chi connectivity index (χ3n) is 2.71. The highest BCUT2D eigenvalue weighted by atomic mass is 79.9. The van der Waals surface area contributed by atoms with Crippen LogP contribution in [0.25, 0.3) is 17.0 Å². The van der Waals surface area contributed by atoms with Gasteiger partial charge in [0.15, 0.2) is 11.5 Å². The van der Waals surface area contributed by atoms with E-state index in [2.05, 4.69) is 26.1 Å². The van der Waals surface area contributed by atoms with Gasteiger partial charge in [0.2, 0.25) is 0 Å². The number of fused-ring (bicyclic) bond motifs is 1. The first kappa shape index (κ1) is 10.5. The monoisotopic (exact) mass is 287 g/mol. The van der Waals surface area contributed by atoms with Crippen LogP contribution in [0.5, 0.6) is 0 Å². The molecule has 0 aliphatic heterocycles. The van der Waals surface area contributed by atoms with Gasteiger partial charge in [-0.15, -0.1) is 10.2 Å². The number of nitrogens with zero attached hydrogens (tertiary/aromatic N) is 3. The summed E-state index contributed by atoms with van der Waals surface area (Å²) in [4.78, 5) is 0. The normalized spacial score (nSPS) is 10.9. The van der Waals surface area contributed by atoms with E-state index < -0.39 is 0 Å². The molecule has 0 N–H and O–H groups in total. The number of hydrogen-bond acceptors (Lipinski definition) is 2. The van der Waals surface area contributed by atoms with Crippen LogP contribution in [0.2, 0.25) is 0 Å². The fourth-order valence-corrected chi connectivity index (χ4v) is 2.27. The van der Waals surface area contributed by atoms with Crippen LogP contribution in [0.15, 0.2) is 47.1 Å². The highest BCUT2D eigenvalue weighted by Gasteiger charge is 2.08. The standard InChI is InChI=1S/C13H10BrN3/c1-9-4-3-7-17-12(9)15-16-13(17)10-5-2-6-11(14)8-10/h2-8H,1H3. The first-order valence-corrected chi connectivity index (χ1v) is 6.11. The van der Waals surface area contributed by atoms with Crippen molar-refractivity contribution in [2.24, 2.45) is 0 Å². The van der Waals surface area contributed by atoms with E-state index in [9.17, 15) is 0 Å². The minimum atomic E-state index is 0.866. The van der Waals surface area contributed by atoms with Crippen molar-refractivity contribution in [2.75, 3.05) is 0 Å². The zero-order valence-electron chi connectivity index (χ0n) is 9.26. The molecule has 0 amide bonds. The van der Waals surface area contributed by atoms with Gasteiger partial charge in [-0.2, -0.15) is 0 Å². The van der Waals surface area contributed by atoms with Crippen LogP contribution in [0.4, 0.5) is 0 Å². The molecule has 3 rings (SSSR count). The quantitative estimate of drug-likeness (QED) is 0.686. The van der Waals surface area contributed by atoms with E-state index in [-0.39, 0.29) is 0 Å². The Kier molecular flexibility index (Phi) is 2.44. The lowest BCUT2D eigenvalue weighted by Gasteiger charge is -2.01. The molecule has 0 saturated heterocycles. The van der Waals surface area contributed by atoms with Gasteiger partial charge >= 0.3 is 0 Å². The van der Waals surface area contributed by atoms with Gasteiger partial charge in [0.05, 0.1) is 0 Å². The summed E-state index contributed by atoms with van der Waals surface area (Å²) in [5.74, 6) is 0.866. The summed E-state index contributed by atoms with van der Waals surface area (Å²) < 4.78 is 3.05. The maximum atomic E-state index is 4.26. The van der Waals surface area contributed by atoms with Crippen molar-refractivity contribution in [3.05, 3.63) is 52.6 Å². The number of pyridine rings is 1. The van der Waals surface area contributed by atoms with Gasteiger partial charge in [0.1, 0.15) is 0 Å². The fraction of sp³-hybridized carbons (Fsp3) is 0.0769. The fourth-order valence-electron chi connectivity index (χ4n) is 1.87. The third kappa shape index (κ3) is 1.74. The van der Waals surface area contributed by atoms with E-state index in [1.807, 2.05) is 53.9 Å². The van der Waals surface area contributed by atoms with Gasteiger partial charge in [0, 0.05) is 16.2 Å². The van der Waals surface area contributed by atoms with Crippen LogP contribution in [-0.2, 0) is 0 Å². The van der Waals surface area contributed by atoms with Crippen LogP contribution in [0, 0.1) is 6.92 Å². The summed E-state index contributed by atoms with van der Waals surface area (Å²) in [6.07, 6.45) is 1.98. The molecule has 17 heavy (non-hydrogen) atoms.